The fraction of sp³-hybridized carbons (Fsp3) is 0.545. The van der Waals surface area contributed by atoms with Gasteiger partial charge in [-0.05, 0) is 13.3 Å². The third-order valence-electron chi connectivity index (χ3n) is 2.19. The summed E-state index contributed by atoms with van der Waals surface area (Å²) in [5.74, 6) is -1.27. The lowest BCUT2D eigenvalue weighted by atomic mass is 10.3. The van der Waals surface area contributed by atoms with E-state index in [1.165, 1.54) is 11.3 Å². The number of rotatable bonds is 6. The molecule has 0 spiro atoms. The van der Waals surface area contributed by atoms with Crippen LogP contribution in [0.2, 0.25) is 0 Å². The minimum Gasteiger partial charge on any atom is -0.464 e. The number of aromatic nitrogens is 1. The molecular weight excluding hydrogens is 254 g/mol. The molecule has 1 rings (SSSR count). The molecule has 0 saturated heterocycles. The number of aryl methyl sites for hydroxylation is 1. The van der Waals surface area contributed by atoms with Gasteiger partial charge in [0.15, 0.2) is 6.04 Å². The fourth-order valence-corrected chi connectivity index (χ4v) is 2.01. The molecule has 6 nitrogen and oxygen atoms in total. The molecule has 0 bridgehead atoms. The number of hydrogen-bond donors (Lipinski definition) is 2. The van der Waals surface area contributed by atoms with Crippen molar-refractivity contribution in [2.24, 2.45) is 5.73 Å². The molecule has 1 aromatic rings. The van der Waals surface area contributed by atoms with E-state index in [-0.39, 0.29) is 13.2 Å². The monoisotopic (exact) mass is 271 g/mol. The van der Waals surface area contributed by atoms with E-state index in [1.807, 2.05) is 6.92 Å². The summed E-state index contributed by atoms with van der Waals surface area (Å²) < 4.78 is 4.66. The molecule has 1 unspecified atom stereocenters. The normalized spacial score (nSPS) is 11.9. The highest BCUT2D eigenvalue weighted by Gasteiger charge is 2.23. The van der Waals surface area contributed by atoms with Crippen LogP contribution in [0.4, 0.5) is 0 Å². The molecule has 1 amide bonds. The van der Waals surface area contributed by atoms with Crippen LogP contribution in [-0.2, 0) is 27.3 Å². The van der Waals surface area contributed by atoms with Crippen molar-refractivity contribution in [3.63, 3.8) is 0 Å². The number of esters is 1. The molecule has 0 saturated carbocycles. The summed E-state index contributed by atoms with van der Waals surface area (Å²) in [4.78, 5) is 28.1. The molecule has 0 radical (unpaired) electrons. The highest BCUT2D eigenvalue weighted by Crippen LogP contribution is 2.12. The summed E-state index contributed by atoms with van der Waals surface area (Å²) in [6, 6.07) is -1.28. The zero-order chi connectivity index (χ0) is 13.5. The van der Waals surface area contributed by atoms with Gasteiger partial charge in [-0.2, -0.15) is 0 Å². The van der Waals surface area contributed by atoms with Gasteiger partial charge >= 0.3 is 5.97 Å². The summed E-state index contributed by atoms with van der Waals surface area (Å²) >= 11 is 1.52. The van der Waals surface area contributed by atoms with Gasteiger partial charge in [-0.25, -0.2) is 9.78 Å². The summed E-state index contributed by atoms with van der Waals surface area (Å²) in [6.45, 7) is 4.17. The minimum absolute atomic E-state index is 0.201. The second kappa shape index (κ2) is 7.07. The number of carbonyl (C=O) groups excluding carboxylic acids is 2. The largest absolute Gasteiger partial charge is 0.464 e. The Morgan fingerprint density at radius 1 is 1.56 bits per heavy atom. The van der Waals surface area contributed by atoms with Crippen LogP contribution in [-0.4, -0.2) is 29.5 Å². The van der Waals surface area contributed by atoms with Crippen LogP contribution in [0.15, 0.2) is 6.20 Å². The molecular formula is C11H17N3O3S. The fourth-order valence-electron chi connectivity index (χ4n) is 1.20. The van der Waals surface area contributed by atoms with E-state index in [0.29, 0.717) is 0 Å². The van der Waals surface area contributed by atoms with Crippen molar-refractivity contribution in [3.8, 4) is 0 Å². The predicted molar refractivity (Wildman–Crippen MR) is 67.9 cm³/mol. The highest BCUT2D eigenvalue weighted by atomic mass is 32.1. The highest BCUT2D eigenvalue weighted by molar-refractivity contribution is 7.11. The second-order valence-electron chi connectivity index (χ2n) is 3.52. The van der Waals surface area contributed by atoms with Crippen LogP contribution in [0.5, 0.6) is 0 Å². The van der Waals surface area contributed by atoms with E-state index in [0.717, 1.165) is 16.3 Å². The number of ether oxygens (including phenoxy) is 1. The van der Waals surface area contributed by atoms with Gasteiger partial charge in [-0.3, -0.25) is 4.79 Å². The van der Waals surface area contributed by atoms with Crippen molar-refractivity contribution in [1.82, 2.24) is 10.3 Å². The lowest BCUT2D eigenvalue weighted by Crippen LogP contribution is -2.46. The van der Waals surface area contributed by atoms with E-state index >= 15 is 0 Å². The molecule has 1 heterocycles. The topological polar surface area (TPSA) is 94.3 Å². The predicted octanol–water partition coefficient (Wildman–Crippen LogP) is 0.212. The van der Waals surface area contributed by atoms with Gasteiger partial charge in [0.2, 0.25) is 5.91 Å². The maximum atomic E-state index is 11.5. The van der Waals surface area contributed by atoms with Gasteiger partial charge in [0, 0.05) is 11.1 Å². The molecule has 3 N–H and O–H groups in total. The molecule has 1 aromatic heterocycles. The minimum atomic E-state index is -1.28. The van der Waals surface area contributed by atoms with Crippen molar-refractivity contribution in [1.29, 1.82) is 0 Å². The quantitative estimate of drug-likeness (QED) is 0.570. The van der Waals surface area contributed by atoms with Crippen molar-refractivity contribution in [2.75, 3.05) is 6.61 Å². The van der Waals surface area contributed by atoms with Gasteiger partial charge < -0.3 is 15.8 Å². The number of nitrogens with two attached hydrogens (primary N) is 1. The van der Waals surface area contributed by atoms with Crippen molar-refractivity contribution < 1.29 is 14.3 Å². The van der Waals surface area contributed by atoms with Gasteiger partial charge in [0.05, 0.1) is 13.2 Å². The zero-order valence-corrected chi connectivity index (χ0v) is 11.3. The maximum absolute atomic E-state index is 11.5. The van der Waals surface area contributed by atoms with E-state index in [4.69, 9.17) is 5.73 Å². The lowest BCUT2D eigenvalue weighted by molar-refractivity contribution is -0.148. The van der Waals surface area contributed by atoms with E-state index in [9.17, 15) is 9.59 Å². The van der Waals surface area contributed by atoms with Gasteiger partial charge in [0.25, 0.3) is 0 Å². The lowest BCUT2D eigenvalue weighted by Gasteiger charge is -2.10. The third-order valence-corrected chi connectivity index (χ3v) is 3.33. The first-order valence-corrected chi connectivity index (χ1v) is 6.53. The summed E-state index contributed by atoms with van der Waals surface area (Å²) in [6.07, 6.45) is 2.69. The second-order valence-corrected chi connectivity index (χ2v) is 4.72. The Labute approximate surface area is 110 Å². The Morgan fingerprint density at radius 3 is 2.83 bits per heavy atom. The Kier molecular flexibility index (Phi) is 5.73. The summed E-state index contributed by atoms with van der Waals surface area (Å²) in [7, 11) is 0. The first-order valence-electron chi connectivity index (χ1n) is 5.72. The number of hydrogen-bond acceptors (Lipinski definition) is 6. The molecule has 0 aliphatic heterocycles. The van der Waals surface area contributed by atoms with E-state index < -0.39 is 17.9 Å². The van der Waals surface area contributed by atoms with Crippen molar-refractivity contribution in [2.45, 2.75) is 32.9 Å². The van der Waals surface area contributed by atoms with Gasteiger partial charge in [-0.15, -0.1) is 11.3 Å². The molecule has 0 fully saturated rings. The number of carbonyl (C=O) groups is 2. The Balaban J connectivity index is 2.43. The van der Waals surface area contributed by atoms with Crippen LogP contribution in [0.25, 0.3) is 0 Å². The van der Waals surface area contributed by atoms with Gasteiger partial charge in [-0.1, -0.05) is 6.92 Å². The zero-order valence-electron chi connectivity index (χ0n) is 10.4. The van der Waals surface area contributed by atoms with Crippen molar-refractivity contribution in [3.05, 3.63) is 16.1 Å². The number of nitrogens with zero attached hydrogens (tertiary/aromatic N) is 1. The average molecular weight is 271 g/mol. The van der Waals surface area contributed by atoms with Crippen LogP contribution in [0, 0.1) is 0 Å². The third kappa shape index (κ3) is 4.08. The first-order chi connectivity index (χ1) is 8.58. The Hall–Kier alpha value is -1.47. The number of thiazole rings is 1. The Morgan fingerprint density at radius 2 is 2.28 bits per heavy atom. The SMILES string of the molecule is CCOC(=O)C(N)C(=O)NCc1ncc(CC)s1. The molecule has 1 atom stereocenters. The van der Waals surface area contributed by atoms with E-state index in [1.54, 1.807) is 13.1 Å². The maximum Gasteiger partial charge on any atom is 0.332 e. The van der Waals surface area contributed by atoms with Gasteiger partial charge in [0.1, 0.15) is 5.01 Å². The first kappa shape index (κ1) is 14.6. The number of amides is 1. The van der Waals surface area contributed by atoms with Crippen LogP contribution < -0.4 is 11.1 Å². The molecule has 7 heteroatoms. The summed E-state index contributed by atoms with van der Waals surface area (Å²) in [5.41, 5.74) is 5.44. The summed E-state index contributed by atoms with van der Waals surface area (Å²) in [5, 5.41) is 3.35. The van der Waals surface area contributed by atoms with Crippen LogP contribution in [0.1, 0.15) is 23.7 Å². The van der Waals surface area contributed by atoms with Crippen LogP contribution in [0.3, 0.4) is 0 Å². The Bertz CT molecular complexity index is 419. The smallest absolute Gasteiger partial charge is 0.332 e. The molecule has 0 aliphatic rings. The molecule has 18 heavy (non-hydrogen) atoms. The number of nitrogens with one attached hydrogen (secondary N) is 1. The van der Waals surface area contributed by atoms with E-state index in [2.05, 4.69) is 15.0 Å². The molecule has 0 aliphatic carbocycles. The van der Waals surface area contributed by atoms with Crippen molar-refractivity contribution >= 4 is 23.2 Å². The standard InChI is InChI=1S/C11H17N3O3S/c1-3-7-5-13-8(18-7)6-14-10(15)9(12)11(16)17-4-2/h5,9H,3-4,6,12H2,1-2H3,(H,14,15). The average Bonchev–Trinajstić information content (AvgIpc) is 2.83. The molecule has 0 aromatic carbocycles. The van der Waals surface area contributed by atoms with Crippen LogP contribution >= 0.6 is 11.3 Å². The molecule has 100 valence electrons.